The number of hydrogen-bond donors (Lipinski definition) is 1. The number of anilines is 2. The average Bonchev–Trinajstić information content (AvgIpc) is 0.691. The zero-order valence-electron chi connectivity index (χ0n) is 74.3. The number of benzene rings is 8. The minimum atomic E-state index is -4.37. The van der Waals surface area contributed by atoms with Crippen LogP contribution < -0.4 is 14.5 Å². The molecule has 0 bridgehead atoms. The van der Waals surface area contributed by atoms with Crippen molar-refractivity contribution in [3.05, 3.63) is 216 Å². The maximum atomic E-state index is 9.92. The summed E-state index contributed by atoms with van der Waals surface area (Å²) in [6.45, 7) is -0.0768. The molecule has 12 rings (SSSR count). The monoisotopic (exact) mass is 1070 g/mol. The number of para-hydroxylation sites is 3. The number of nitrogens with zero attached hydrogens (tertiary/aromatic N) is 3. The molecule has 1 aliphatic heterocycles. The van der Waals surface area contributed by atoms with Crippen LogP contribution in [0.3, 0.4) is 0 Å². The van der Waals surface area contributed by atoms with E-state index in [4.69, 9.17) is 35.8 Å². The Balaban J connectivity index is 1.08. The highest BCUT2D eigenvalue weighted by atomic mass is 16.5. The lowest BCUT2D eigenvalue weighted by Gasteiger charge is -2.42. The zero-order valence-corrected chi connectivity index (χ0v) is 45.3. The van der Waals surface area contributed by atoms with Crippen molar-refractivity contribution in [2.24, 2.45) is 0 Å². The molecule has 3 heterocycles. The van der Waals surface area contributed by atoms with Gasteiger partial charge in [-0.1, -0.05) is 199 Å². The van der Waals surface area contributed by atoms with Gasteiger partial charge in [0.2, 0.25) is 0 Å². The van der Waals surface area contributed by atoms with Gasteiger partial charge in [0.15, 0.2) is 18.0 Å². The Hall–Kier alpha value is -7.73. The molecule has 10 aromatic rings. The van der Waals surface area contributed by atoms with Crippen LogP contribution >= 0.6 is 0 Å². The van der Waals surface area contributed by atoms with E-state index < -0.39 is 139 Å². The molecule has 0 spiro atoms. The van der Waals surface area contributed by atoms with Crippen molar-refractivity contribution >= 4 is 44.6 Å². The van der Waals surface area contributed by atoms with E-state index in [1.165, 1.54) is 12.3 Å². The predicted octanol–water partition coefficient (Wildman–Crippen LogP) is 19.2. The van der Waals surface area contributed by atoms with Gasteiger partial charge in [-0.25, -0.2) is 9.88 Å². The Kier molecular flexibility index (Phi) is 6.83. The van der Waals surface area contributed by atoms with Crippen molar-refractivity contribution in [2.75, 3.05) is 11.6 Å². The third-order valence-electron chi connectivity index (χ3n) is 14.8. The molecule has 0 radical (unpaired) electrons. The topological polar surface area (TPSA) is 34.7 Å². The molecule has 0 saturated heterocycles. The fourth-order valence-corrected chi connectivity index (χ4v) is 10.7. The number of rotatable bonds is 8. The molecular formula is C74H77N4O+. The van der Waals surface area contributed by atoms with Gasteiger partial charge in [-0.05, 0) is 139 Å². The number of ether oxygens (including phenoxy) is 1. The van der Waals surface area contributed by atoms with Crippen molar-refractivity contribution in [1.29, 1.82) is 0 Å². The van der Waals surface area contributed by atoms with E-state index in [0.717, 1.165) is 12.1 Å². The summed E-state index contributed by atoms with van der Waals surface area (Å²) in [4.78, 5) is 7.12. The lowest BCUT2D eigenvalue weighted by molar-refractivity contribution is -0.750. The molecular weight excluding hydrogens is 961 g/mol. The summed E-state index contributed by atoms with van der Waals surface area (Å²) >= 11 is 0. The molecule has 0 saturated carbocycles. The van der Waals surface area contributed by atoms with Crippen molar-refractivity contribution in [3.63, 3.8) is 0 Å². The summed E-state index contributed by atoms with van der Waals surface area (Å²) in [5.74, 6) is 0.604. The highest BCUT2D eigenvalue weighted by molar-refractivity contribution is 6.09. The van der Waals surface area contributed by atoms with Crippen LogP contribution in [0.15, 0.2) is 188 Å². The van der Waals surface area contributed by atoms with Gasteiger partial charge in [0, 0.05) is 73.8 Å². The average molecular weight is 1070 g/mol. The summed E-state index contributed by atoms with van der Waals surface area (Å²) < 4.78 is 273. The minimum Gasteiger partial charge on any atom is -0.457 e. The van der Waals surface area contributed by atoms with Crippen LogP contribution in [0.5, 0.6) is 11.5 Å². The van der Waals surface area contributed by atoms with Gasteiger partial charge in [-0.15, -0.1) is 0 Å². The number of nitrogens with one attached hydrogen (secondary N) is 1. The summed E-state index contributed by atoms with van der Waals surface area (Å²) in [5.41, 5.74) is -9.83. The van der Waals surface area contributed by atoms with Gasteiger partial charge in [0.25, 0.3) is 0 Å². The number of hydrogen-bond acceptors (Lipinski definition) is 3. The molecule has 398 valence electrons. The second-order valence-electron chi connectivity index (χ2n) is 23.5. The smallest absolute Gasteiger partial charge is 0.167 e. The normalized spacial score (nSPS) is 23.3. The lowest BCUT2D eigenvalue weighted by atomic mass is 9.63. The van der Waals surface area contributed by atoms with Crippen LogP contribution in [0, 0.1) is 0 Å². The van der Waals surface area contributed by atoms with Gasteiger partial charge >= 0.3 is 0 Å². The van der Waals surface area contributed by atoms with Crippen LogP contribution in [0.25, 0.3) is 61.0 Å². The number of pyridine rings is 1. The molecule has 0 amide bonds. The quantitative estimate of drug-likeness (QED) is 0.165. The van der Waals surface area contributed by atoms with Gasteiger partial charge < -0.3 is 4.74 Å². The van der Waals surface area contributed by atoms with Gasteiger partial charge in [0.05, 0.1) is 34.5 Å². The highest BCUT2D eigenvalue weighted by Gasteiger charge is 2.40. The minimum absolute atomic E-state index is 0.0549. The molecule has 5 heteroatoms. The van der Waals surface area contributed by atoms with Crippen molar-refractivity contribution in [2.45, 2.75) is 130 Å². The van der Waals surface area contributed by atoms with E-state index in [0.29, 0.717) is 44.0 Å². The van der Waals surface area contributed by atoms with E-state index in [1.54, 1.807) is 110 Å². The van der Waals surface area contributed by atoms with Crippen LogP contribution in [0.2, 0.25) is 0 Å². The molecule has 5 nitrogen and oxygen atoms in total. The van der Waals surface area contributed by atoms with E-state index in [2.05, 4.69) is 0 Å². The van der Waals surface area contributed by atoms with E-state index in [1.807, 2.05) is 46.4 Å². The van der Waals surface area contributed by atoms with Crippen molar-refractivity contribution < 1.29 is 49.4 Å². The SMILES string of the molecule is [2H]c1c([2H])c([2H])c(-c2cnc(-n3c4cc(Oc5cccc(N6C[NH+](c7c(-c8ccc9c(c8)C(C([2H])([2H])[2H])(C([2H])([2H])[2H])C([2H])([2H])C([2H])([2H])C9(C([2H])([2H])[2H])C([2H])([2H])[2H])cc(C(C)(C)C)cc7-c7c([2H])c([2H])c(C(C)(C)C)c([2H])c7[2H])c7ccccc76)c5)ccc4c4c([2H])c([2H])c([2H])c([2H])c43)cc2C(C)(C)C)c([2H])c1[2H]. The van der Waals surface area contributed by atoms with E-state index in [9.17, 15) is 13.7 Å². The Morgan fingerprint density at radius 2 is 1.23 bits per heavy atom. The number of fused-ring (bicyclic) bond motifs is 5. The Bertz CT molecular complexity index is 5350. The Morgan fingerprint density at radius 1 is 0.557 bits per heavy atom. The largest absolute Gasteiger partial charge is 0.457 e. The second kappa shape index (κ2) is 19.0. The molecule has 0 fully saturated rings. The first-order chi connectivity index (χ1) is 49.5. The van der Waals surface area contributed by atoms with Gasteiger partial charge in [-0.3, -0.25) is 9.47 Å². The molecule has 8 aromatic carbocycles. The van der Waals surface area contributed by atoms with Crippen LogP contribution in [0.1, 0.15) is 170 Å². The molecule has 1 unspecified atom stereocenters. The maximum absolute atomic E-state index is 9.92. The van der Waals surface area contributed by atoms with Crippen molar-refractivity contribution in [1.82, 2.24) is 9.55 Å². The van der Waals surface area contributed by atoms with E-state index >= 15 is 0 Å². The molecule has 1 aliphatic carbocycles. The summed E-state index contributed by atoms with van der Waals surface area (Å²) in [6, 6.07) is 20.8. The summed E-state index contributed by atoms with van der Waals surface area (Å²) in [6.07, 6.45) is -7.29. The second-order valence-corrected chi connectivity index (χ2v) is 23.5. The third kappa shape index (κ3) is 9.44. The number of aromatic nitrogens is 2. The van der Waals surface area contributed by atoms with Gasteiger partial charge in [0.1, 0.15) is 23.0 Å². The molecule has 1 N–H and O–H groups in total. The number of quaternary nitrogens is 1. The fourth-order valence-electron chi connectivity index (χ4n) is 10.7. The van der Waals surface area contributed by atoms with Crippen LogP contribution in [-0.2, 0) is 27.1 Å². The highest BCUT2D eigenvalue weighted by Crippen LogP contribution is 2.50. The Labute approximate surface area is 510 Å². The first kappa shape index (κ1) is 28.4. The zero-order chi connectivity index (χ0) is 80.3. The van der Waals surface area contributed by atoms with Gasteiger partial charge in [-0.2, -0.15) is 0 Å². The molecule has 2 aliphatic rings. The van der Waals surface area contributed by atoms with E-state index in [-0.39, 0.29) is 97.6 Å². The molecule has 1 atom stereocenters. The third-order valence-corrected chi connectivity index (χ3v) is 14.8. The Morgan fingerprint density at radius 3 is 1.95 bits per heavy atom. The first-order valence-corrected chi connectivity index (χ1v) is 26.1. The predicted molar refractivity (Wildman–Crippen MR) is 333 cm³/mol. The summed E-state index contributed by atoms with van der Waals surface area (Å²) in [7, 11) is 0. The standard InChI is InChI=1S/C74H76N4O/c1-70(2,3)51-33-30-49(31-34-51)58-41-52(71(4,5)6)42-59(50-32-37-61-63(40-50)74(12,13)39-38-73(61,10)11)69(58)77-47-76(65-28-19-20-29-66(65)77)53-24-21-25-54(43-53)79-55-35-36-57-56-26-17-18-27-64(56)78(67(57)44-55)68-45-62(72(7,8)9)60(46-75-68)48-22-15-14-16-23-48/h14-37,40-46H,38-39,47H2,1-13H3/p+1/i10D3,11D3,12D3,13D3,14D,15D,16D,17D,18D,22D,23D,26D,27D,30D,31D,33D,34D,38D2,39D2. The molecule has 2 aromatic heterocycles. The van der Waals surface area contributed by atoms with Crippen LogP contribution in [-0.4, -0.2) is 16.2 Å². The fraction of sp³-hybridized carbons (Fsp3) is 0.284. The molecule has 79 heavy (non-hydrogen) atoms. The maximum Gasteiger partial charge on any atom is 0.167 e. The first-order valence-electron chi connectivity index (χ1n) is 40.6. The van der Waals surface area contributed by atoms with Crippen LogP contribution in [0.4, 0.5) is 22.7 Å². The summed E-state index contributed by atoms with van der Waals surface area (Å²) in [5, 5.41) is 0.530. The van der Waals surface area contributed by atoms with Crippen molar-refractivity contribution in [3.8, 4) is 50.7 Å². The lowest BCUT2D eigenvalue weighted by Crippen LogP contribution is -3.02.